The molecule has 0 aliphatic carbocycles. The Kier molecular flexibility index (Phi) is 5.85. The van der Waals surface area contributed by atoms with E-state index < -0.39 is 8.07 Å². The molecule has 3 aromatic heterocycles. The van der Waals surface area contributed by atoms with Crippen molar-refractivity contribution in [2.24, 2.45) is 7.05 Å². The van der Waals surface area contributed by atoms with Crippen molar-refractivity contribution in [3.8, 4) is 11.3 Å². The van der Waals surface area contributed by atoms with Crippen molar-refractivity contribution in [2.45, 2.75) is 51.2 Å². The van der Waals surface area contributed by atoms with Gasteiger partial charge in [0.15, 0.2) is 5.65 Å². The summed E-state index contributed by atoms with van der Waals surface area (Å²) in [6, 6.07) is 1.17. The maximum atomic E-state index is 6.03. The minimum absolute atomic E-state index is 0.514. The standard InChI is InChI=1S/C21H32N6OSi/c1-26-13-17(11-24-26)19-12-23-21-20(25-19)18(16-5-7-22-8-6-16)14-27(21)15-28-9-10-29(2,3)4/h11-14,16,22H,5-10,15H2,1-4H3. The first-order chi connectivity index (χ1) is 13.9. The number of aryl methyl sites for hydroxylation is 1. The lowest BCUT2D eigenvalue weighted by Gasteiger charge is -2.21. The molecule has 156 valence electrons. The number of rotatable bonds is 7. The summed E-state index contributed by atoms with van der Waals surface area (Å²) in [6.07, 6.45) is 10.2. The number of aromatic nitrogens is 5. The Hall–Kier alpha value is -2.03. The zero-order valence-electron chi connectivity index (χ0n) is 18.0. The van der Waals surface area contributed by atoms with Crippen LogP contribution in [0.5, 0.6) is 0 Å². The summed E-state index contributed by atoms with van der Waals surface area (Å²) in [7, 11) is 0.830. The molecule has 4 rings (SSSR count). The Labute approximate surface area is 173 Å². The normalized spacial score (nSPS) is 16.0. The molecular weight excluding hydrogens is 380 g/mol. The number of piperidine rings is 1. The molecule has 3 aromatic rings. The van der Waals surface area contributed by atoms with Gasteiger partial charge >= 0.3 is 0 Å². The van der Waals surface area contributed by atoms with E-state index in [1.165, 1.54) is 11.6 Å². The van der Waals surface area contributed by atoms with Crippen LogP contribution in [0.25, 0.3) is 22.4 Å². The van der Waals surface area contributed by atoms with Gasteiger partial charge in [0.2, 0.25) is 0 Å². The monoisotopic (exact) mass is 412 g/mol. The fourth-order valence-electron chi connectivity index (χ4n) is 3.84. The van der Waals surface area contributed by atoms with Gasteiger partial charge in [-0.25, -0.2) is 9.97 Å². The fourth-order valence-corrected chi connectivity index (χ4v) is 4.60. The van der Waals surface area contributed by atoms with E-state index in [4.69, 9.17) is 14.7 Å². The van der Waals surface area contributed by atoms with Gasteiger partial charge < -0.3 is 14.6 Å². The molecule has 7 nitrogen and oxygen atoms in total. The third kappa shape index (κ3) is 4.76. The molecule has 0 bridgehead atoms. The summed E-state index contributed by atoms with van der Waals surface area (Å²) in [6.45, 7) is 10.6. The van der Waals surface area contributed by atoms with Crippen molar-refractivity contribution < 1.29 is 4.74 Å². The Morgan fingerprint density at radius 2 is 1.97 bits per heavy atom. The summed E-state index contributed by atoms with van der Waals surface area (Å²) in [5, 5.41) is 7.74. The molecule has 0 saturated carbocycles. The van der Waals surface area contributed by atoms with Crippen LogP contribution < -0.4 is 5.32 Å². The third-order valence-electron chi connectivity index (χ3n) is 5.60. The van der Waals surface area contributed by atoms with Crippen molar-refractivity contribution >= 4 is 19.2 Å². The minimum Gasteiger partial charge on any atom is -0.361 e. The van der Waals surface area contributed by atoms with Gasteiger partial charge in [0, 0.05) is 45.2 Å². The summed E-state index contributed by atoms with van der Waals surface area (Å²) >= 11 is 0. The van der Waals surface area contributed by atoms with Gasteiger partial charge in [-0.1, -0.05) is 19.6 Å². The number of hydrogen-bond acceptors (Lipinski definition) is 5. The maximum absolute atomic E-state index is 6.03. The van der Waals surface area contributed by atoms with E-state index in [9.17, 15) is 0 Å². The largest absolute Gasteiger partial charge is 0.361 e. The van der Waals surface area contributed by atoms with Crippen molar-refractivity contribution in [3.05, 3.63) is 30.4 Å². The van der Waals surface area contributed by atoms with Crippen LogP contribution in [0.3, 0.4) is 0 Å². The number of fused-ring (bicyclic) bond motifs is 1. The Morgan fingerprint density at radius 3 is 2.66 bits per heavy atom. The fraction of sp³-hybridized carbons (Fsp3) is 0.571. The second-order valence-electron chi connectivity index (χ2n) is 9.26. The SMILES string of the molecule is Cn1cc(-c2cnc3c(n2)c(C2CCNCC2)cn3COCC[Si](C)(C)C)cn1. The molecule has 4 heterocycles. The van der Waals surface area contributed by atoms with Crippen molar-refractivity contribution in [1.29, 1.82) is 0 Å². The van der Waals surface area contributed by atoms with Gasteiger partial charge in [-0.05, 0) is 37.9 Å². The van der Waals surface area contributed by atoms with Crippen LogP contribution >= 0.6 is 0 Å². The molecule has 0 atom stereocenters. The molecule has 8 heteroatoms. The predicted molar refractivity (Wildman–Crippen MR) is 119 cm³/mol. The van der Waals surface area contributed by atoms with E-state index in [0.717, 1.165) is 55.0 Å². The van der Waals surface area contributed by atoms with Gasteiger partial charge in [0.1, 0.15) is 12.2 Å². The van der Waals surface area contributed by atoms with Crippen molar-refractivity contribution in [1.82, 2.24) is 29.6 Å². The quantitative estimate of drug-likeness (QED) is 0.474. The first kappa shape index (κ1) is 20.2. The average molecular weight is 413 g/mol. The first-order valence-corrected chi connectivity index (χ1v) is 14.2. The highest BCUT2D eigenvalue weighted by atomic mass is 28.3. The molecule has 1 aliphatic rings. The summed E-state index contributed by atoms with van der Waals surface area (Å²) in [5.41, 5.74) is 5.09. The molecule has 0 amide bonds. The molecular formula is C21H32N6OSi. The highest BCUT2D eigenvalue weighted by Gasteiger charge is 2.22. The number of hydrogen-bond donors (Lipinski definition) is 1. The van der Waals surface area contributed by atoms with Gasteiger partial charge in [-0.2, -0.15) is 5.10 Å². The lowest BCUT2D eigenvalue weighted by atomic mass is 9.91. The molecule has 0 spiro atoms. The van der Waals surface area contributed by atoms with Crippen LogP contribution in [0, 0.1) is 0 Å². The van der Waals surface area contributed by atoms with Gasteiger partial charge in [0.05, 0.1) is 18.1 Å². The third-order valence-corrected chi connectivity index (χ3v) is 7.30. The van der Waals surface area contributed by atoms with E-state index in [2.05, 4.69) is 40.8 Å². The topological polar surface area (TPSA) is 69.8 Å². The molecule has 1 aliphatic heterocycles. The van der Waals surface area contributed by atoms with Crippen molar-refractivity contribution in [3.63, 3.8) is 0 Å². The number of nitrogens with zero attached hydrogens (tertiary/aromatic N) is 5. The van der Waals surface area contributed by atoms with E-state index in [0.29, 0.717) is 12.6 Å². The molecule has 1 N–H and O–H groups in total. The van der Waals surface area contributed by atoms with Crippen LogP contribution in [0.4, 0.5) is 0 Å². The Bertz CT molecular complexity index is 967. The van der Waals surface area contributed by atoms with Crippen LogP contribution in [-0.2, 0) is 18.5 Å². The zero-order chi connectivity index (χ0) is 20.4. The second kappa shape index (κ2) is 8.37. The molecule has 0 aromatic carbocycles. The molecule has 0 radical (unpaired) electrons. The highest BCUT2D eigenvalue weighted by molar-refractivity contribution is 6.76. The summed E-state index contributed by atoms with van der Waals surface area (Å²) < 4.78 is 9.96. The van der Waals surface area contributed by atoms with Gasteiger partial charge in [-0.15, -0.1) is 0 Å². The Balaban J connectivity index is 1.64. The van der Waals surface area contributed by atoms with E-state index in [1.54, 1.807) is 4.68 Å². The second-order valence-corrected chi connectivity index (χ2v) is 14.9. The van der Waals surface area contributed by atoms with Gasteiger partial charge in [0.25, 0.3) is 0 Å². The minimum atomic E-state index is -1.09. The van der Waals surface area contributed by atoms with E-state index in [1.807, 2.05) is 25.6 Å². The van der Waals surface area contributed by atoms with Crippen molar-refractivity contribution in [2.75, 3.05) is 19.7 Å². The molecule has 1 saturated heterocycles. The lowest BCUT2D eigenvalue weighted by molar-refractivity contribution is 0.0897. The number of nitrogens with one attached hydrogen (secondary N) is 1. The maximum Gasteiger partial charge on any atom is 0.160 e. The van der Waals surface area contributed by atoms with E-state index in [-0.39, 0.29) is 0 Å². The Morgan fingerprint density at radius 1 is 1.17 bits per heavy atom. The van der Waals surface area contributed by atoms with Gasteiger partial charge in [-0.3, -0.25) is 4.68 Å². The van der Waals surface area contributed by atoms with Crippen LogP contribution in [0.1, 0.15) is 24.3 Å². The summed E-state index contributed by atoms with van der Waals surface area (Å²) in [4.78, 5) is 9.80. The first-order valence-electron chi connectivity index (χ1n) is 10.5. The van der Waals surface area contributed by atoms with Crippen LogP contribution in [-0.4, -0.2) is 52.1 Å². The lowest BCUT2D eigenvalue weighted by Crippen LogP contribution is -2.26. The molecule has 0 unspecified atom stereocenters. The average Bonchev–Trinajstić information content (AvgIpc) is 3.29. The molecule has 29 heavy (non-hydrogen) atoms. The zero-order valence-corrected chi connectivity index (χ0v) is 19.0. The predicted octanol–water partition coefficient (Wildman–Crippen LogP) is 3.61. The van der Waals surface area contributed by atoms with Crippen LogP contribution in [0.2, 0.25) is 25.7 Å². The summed E-state index contributed by atoms with van der Waals surface area (Å²) in [5.74, 6) is 0.514. The van der Waals surface area contributed by atoms with E-state index >= 15 is 0 Å². The van der Waals surface area contributed by atoms with Crippen LogP contribution in [0.15, 0.2) is 24.8 Å². The smallest absolute Gasteiger partial charge is 0.160 e. The highest BCUT2D eigenvalue weighted by Crippen LogP contribution is 2.32. The number of ether oxygens (including phenoxy) is 1. The molecule has 1 fully saturated rings.